The van der Waals surface area contributed by atoms with Crippen molar-refractivity contribution in [3.8, 4) is 0 Å². The summed E-state index contributed by atoms with van der Waals surface area (Å²) in [5.41, 5.74) is 0. The van der Waals surface area contributed by atoms with Crippen LogP contribution in [0.25, 0.3) is 0 Å². The Bertz CT molecular complexity index is 338. The van der Waals surface area contributed by atoms with Crippen molar-refractivity contribution >= 4 is 28.4 Å². The summed E-state index contributed by atoms with van der Waals surface area (Å²) < 4.78 is 0. The first kappa shape index (κ1) is 11.4. The lowest BCUT2D eigenvalue weighted by atomic mass is 10.4. The van der Waals surface area contributed by atoms with E-state index in [-0.39, 0.29) is 19.5 Å². The Morgan fingerprint density at radius 2 is 2.13 bits per heavy atom. The molecule has 0 saturated heterocycles. The van der Waals surface area contributed by atoms with Crippen molar-refractivity contribution in [3.63, 3.8) is 0 Å². The quantitative estimate of drug-likeness (QED) is 0.739. The maximum absolute atomic E-state index is 10.5. The Labute approximate surface area is 89.8 Å². The van der Waals surface area contributed by atoms with Crippen molar-refractivity contribution in [2.45, 2.75) is 6.42 Å². The number of hydrogen-bond acceptors (Lipinski definition) is 5. The molecule has 0 aromatic carbocycles. The van der Waals surface area contributed by atoms with Crippen LogP contribution in [0, 0.1) is 0 Å². The molecule has 2 N–H and O–H groups in total. The van der Waals surface area contributed by atoms with Gasteiger partial charge < -0.3 is 15.1 Å². The number of aliphatic carboxylic acids is 2. The van der Waals surface area contributed by atoms with Crippen molar-refractivity contribution in [1.82, 2.24) is 4.98 Å². The van der Waals surface area contributed by atoms with E-state index in [1.54, 1.807) is 11.6 Å². The largest absolute Gasteiger partial charge is 0.481 e. The van der Waals surface area contributed by atoms with Crippen molar-refractivity contribution in [3.05, 3.63) is 11.6 Å². The zero-order chi connectivity index (χ0) is 11.3. The molecule has 1 heterocycles. The third-order valence-electron chi connectivity index (χ3n) is 1.61. The molecule has 1 rings (SSSR count). The van der Waals surface area contributed by atoms with E-state index in [1.165, 1.54) is 16.2 Å². The summed E-state index contributed by atoms with van der Waals surface area (Å²) in [5.74, 6) is -1.96. The number of aromatic nitrogens is 1. The summed E-state index contributed by atoms with van der Waals surface area (Å²) in [6, 6.07) is 0. The van der Waals surface area contributed by atoms with Crippen LogP contribution in [0.15, 0.2) is 11.6 Å². The highest BCUT2D eigenvalue weighted by Crippen LogP contribution is 2.17. The molecule has 0 aliphatic heterocycles. The Balaban J connectivity index is 2.61. The minimum absolute atomic E-state index is 0.104. The molecule has 0 amide bonds. The molecule has 1 aromatic heterocycles. The molecular weight excluding hydrogens is 220 g/mol. The average Bonchev–Trinajstić information content (AvgIpc) is 2.63. The van der Waals surface area contributed by atoms with E-state index >= 15 is 0 Å². The minimum atomic E-state index is -1.00. The second-order valence-corrected chi connectivity index (χ2v) is 3.65. The maximum Gasteiger partial charge on any atom is 0.323 e. The Morgan fingerprint density at radius 3 is 2.60 bits per heavy atom. The van der Waals surface area contributed by atoms with Gasteiger partial charge in [0.2, 0.25) is 0 Å². The summed E-state index contributed by atoms with van der Waals surface area (Å²) in [6.45, 7) is -0.0874. The van der Waals surface area contributed by atoms with Crippen LogP contribution >= 0.6 is 11.3 Å². The summed E-state index contributed by atoms with van der Waals surface area (Å²) in [7, 11) is 0. The molecule has 0 unspecified atom stereocenters. The molecule has 7 heteroatoms. The van der Waals surface area contributed by atoms with Crippen molar-refractivity contribution in [2.24, 2.45) is 0 Å². The highest BCUT2D eigenvalue weighted by Gasteiger charge is 2.13. The number of nitrogens with zero attached hydrogens (tertiary/aromatic N) is 2. The SMILES string of the molecule is O=C(O)CCN(CC(=O)O)c1nccs1. The highest BCUT2D eigenvalue weighted by atomic mass is 32.1. The average molecular weight is 230 g/mol. The first-order valence-corrected chi connectivity index (χ1v) is 5.05. The third kappa shape index (κ3) is 3.94. The fourth-order valence-electron chi connectivity index (χ4n) is 1.01. The first-order valence-electron chi connectivity index (χ1n) is 4.17. The highest BCUT2D eigenvalue weighted by molar-refractivity contribution is 7.13. The summed E-state index contributed by atoms with van der Waals surface area (Å²) >= 11 is 1.28. The second-order valence-electron chi connectivity index (χ2n) is 2.77. The van der Waals surface area contributed by atoms with Crippen LogP contribution in [-0.4, -0.2) is 40.2 Å². The molecular formula is C8H10N2O4S. The van der Waals surface area contributed by atoms with Crippen LogP contribution in [0.4, 0.5) is 5.13 Å². The first-order chi connectivity index (χ1) is 7.09. The number of carboxylic acid groups (broad SMARTS) is 2. The number of hydrogen-bond donors (Lipinski definition) is 2. The van der Waals surface area contributed by atoms with E-state index in [0.29, 0.717) is 5.13 Å². The fraction of sp³-hybridized carbons (Fsp3) is 0.375. The fourth-order valence-corrected chi connectivity index (χ4v) is 1.68. The Hall–Kier alpha value is -1.63. The lowest BCUT2D eigenvalue weighted by Crippen LogP contribution is -2.31. The van der Waals surface area contributed by atoms with Gasteiger partial charge >= 0.3 is 11.9 Å². The summed E-state index contributed by atoms with van der Waals surface area (Å²) in [5, 5.41) is 19.4. The molecule has 15 heavy (non-hydrogen) atoms. The van der Waals surface area contributed by atoms with Crippen LogP contribution in [0.1, 0.15) is 6.42 Å². The number of carboxylic acids is 2. The van der Waals surface area contributed by atoms with Crippen molar-refractivity contribution in [2.75, 3.05) is 18.0 Å². The van der Waals surface area contributed by atoms with Gasteiger partial charge in [0, 0.05) is 18.1 Å². The summed E-state index contributed by atoms with van der Waals surface area (Å²) in [6.07, 6.45) is 1.45. The lowest BCUT2D eigenvalue weighted by Gasteiger charge is -2.18. The predicted octanol–water partition coefficient (Wildman–Crippen LogP) is 0.509. The molecule has 0 fully saturated rings. The molecule has 0 aliphatic carbocycles. The topological polar surface area (TPSA) is 90.7 Å². The van der Waals surface area contributed by atoms with Gasteiger partial charge in [-0.3, -0.25) is 9.59 Å². The van der Waals surface area contributed by atoms with Gasteiger partial charge in [-0.1, -0.05) is 0 Å². The van der Waals surface area contributed by atoms with E-state index in [2.05, 4.69) is 4.98 Å². The Kier molecular flexibility index (Phi) is 4.04. The molecule has 6 nitrogen and oxygen atoms in total. The summed E-state index contributed by atoms with van der Waals surface area (Å²) in [4.78, 5) is 26.3. The van der Waals surface area contributed by atoms with Gasteiger partial charge in [0.15, 0.2) is 5.13 Å². The van der Waals surface area contributed by atoms with E-state index < -0.39 is 11.9 Å². The van der Waals surface area contributed by atoms with Crippen molar-refractivity contribution < 1.29 is 19.8 Å². The zero-order valence-corrected chi connectivity index (χ0v) is 8.61. The van der Waals surface area contributed by atoms with Gasteiger partial charge in [0.1, 0.15) is 6.54 Å². The van der Waals surface area contributed by atoms with Crippen LogP contribution in [0.2, 0.25) is 0 Å². The van der Waals surface area contributed by atoms with Crippen LogP contribution in [0.3, 0.4) is 0 Å². The van der Waals surface area contributed by atoms with Crippen LogP contribution < -0.4 is 4.90 Å². The molecule has 1 aromatic rings. The second kappa shape index (κ2) is 5.30. The van der Waals surface area contributed by atoms with Gasteiger partial charge in [0.25, 0.3) is 0 Å². The number of carbonyl (C=O) groups is 2. The normalized spacial score (nSPS) is 9.87. The molecule has 0 saturated carbocycles. The van der Waals surface area contributed by atoms with Gasteiger partial charge in [0.05, 0.1) is 6.42 Å². The predicted molar refractivity (Wildman–Crippen MR) is 54.2 cm³/mol. The van der Waals surface area contributed by atoms with Gasteiger partial charge in [-0.05, 0) is 0 Å². The zero-order valence-electron chi connectivity index (χ0n) is 7.79. The Morgan fingerprint density at radius 1 is 1.40 bits per heavy atom. The molecule has 0 radical (unpaired) electrons. The third-order valence-corrected chi connectivity index (χ3v) is 2.44. The van der Waals surface area contributed by atoms with Gasteiger partial charge in [-0.15, -0.1) is 11.3 Å². The molecule has 0 aliphatic rings. The van der Waals surface area contributed by atoms with Crippen molar-refractivity contribution in [1.29, 1.82) is 0 Å². The van der Waals surface area contributed by atoms with E-state index in [9.17, 15) is 9.59 Å². The molecule has 0 bridgehead atoms. The minimum Gasteiger partial charge on any atom is -0.481 e. The monoisotopic (exact) mass is 230 g/mol. The lowest BCUT2D eigenvalue weighted by molar-refractivity contribution is -0.138. The molecule has 0 spiro atoms. The van der Waals surface area contributed by atoms with Crippen LogP contribution in [0.5, 0.6) is 0 Å². The molecule has 0 atom stereocenters. The van der Waals surface area contributed by atoms with E-state index in [4.69, 9.17) is 10.2 Å². The number of rotatable bonds is 6. The molecule has 82 valence electrons. The standard InChI is InChI=1S/C8H10N2O4S/c11-6(12)1-3-10(5-7(13)14)8-9-2-4-15-8/h2,4H,1,3,5H2,(H,11,12)(H,13,14). The van der Waals surface area contributed by atoms with E-state index in [1.807, 2.05) is 0 Å². The van der Waals surface area contributed by atoms with Gasteiger partial charge in [-0.2, -0.15) is 0 Å². The smallest absolute Gasteiger partial charge is 0.323 e. The maximum atomic E-state index is 10.5. The number of thiazole rings is 1. The van der Waals surface area contributed by atoms with Gasteiger partial charge in [-0.25, -0.2) is 4.98 Å². The number of anilines is 1. The van der Waals surface area contributed by atoms with E-state index in [0.717, 1.165) is 0 Å². The van der Waals surface area contributed by atoms with Crippen LogP contribution in [-0.2, 0) is 9.59 Å².